The molecule has 2 aliphatic heterocycles. The average Bonchev–Trinajstić information content (AvgIpc) is 3.20. The summed E-state index contributed by atoms with van der Waals surface area (Å²) in [7, 11) is 0. The third-order valence-corrected chi connectivity index (χ3v) is 9.36. The normalized spacial score (nSPS) is 28.0. The van der Waals surface area contributed by atoms with E-state index in [0.29, 0.717) is 5.39 Å². The smallest absolute Gasteiger partial charge is 0.323 e. The van der Waals surface area contributed by atoms with E-state index in [1.165, 1.54) is 6.92 Å². The van der Waals surface area contributed by atoms with Crippen molar-refractivity contribution in [2.24, 2.45) is 0 Å². The van der Waals surface area contributed by atoms with Gasteiger partial charge in [0.25, 0.3) is 12.3 Å². The molecule has 0 saturated carbocycles. The number of alkyl halides is 2. The number of hydrogen-bond donors (Lipinski definition) is 5. The minimum Gasteiger partial charge on any atom is -0.462 e. The monoisotopic (exact) mass is 665 g/mol. The van der Waals surface area contributed by atoms with Gasteiger partial charge in [0.05, 0.1) is 12.7 Å². The van der Waals surface area contributed by atoms with Gasteiger partial charge >= 0.3 is 12.6 Å². The Hall–Kier alpha value is -2.46. The maximum Gasteiger partial charge on any atom is 0.323 e. The van der Waals surface area contributed by atoms with Crippen molar-refractivity contribution < 1.29 is 52.2 Å². The quantitative estimate of drug-likeness (QED) is 0.176. The molecule has 0 radical (unpaired) electrons. The number of esters is 1. The molecule has 2 aromatic rings. The number of fused-ring (bicyclic) bond motifs is 1. The Balaban J connectivity index is 1.65. The lowest BCUT2D eigenvalue weighted by Crippen LogP contribution is -2.56. The summed E-state index contributed by atoms with van der Waals surface area (Å²) in [4.78, 5) is 25.1. The molecular weight excluding hydrogens is 635 g/mol. The number of nitrogens with zero attached hydrogens (tertiary/aromatic N) is 1. The summed E-state index contributed by atoms with van der Waals surface area (Å²) in [5.41, 5.74) is -2.90. The molecule has 2 heterocycles. The molecule has 4 rings (SSSR count). The number of rotatable bonds is 11. The van der Waals surface area contributed by atoms with Crippen molar-refractivity contribution in [1.29, 1.82) is 0 Å². The van der Waals surface area contributed by atoms with Gasteiger partial charge in [0.1, 0.15) is 29.0 Å². The lowest BCUT2D eigenvalue weighted by atomic mass is 9.96. The fraction of sp³-hybridized carbons (Fsp3) is 0.462. The van der Waals surface area contributed by atoms with E-state index in [0.717, 1.165) is 16.5 Å². The van der Waals surface area contributed by atoms with E-state index < -0.39 is 79.1 Å². The number of hydrogen-bond acceptors (Lipinski definition) is 11. The van der Waals surface area contributed by atoms with Crippen LogP contribution in [-0.2, 0) is 35.4 Å². The Kier molecular flexibility index (Phi) is 10.3. The van der Waals surface area contributed by atoms with Crippen molar-refractivity contribution in [2.45, 2.75) is 69.7 Å². The highest BCUT2D eigenvalue weighted by molar-refractivity contribution is 8.09. The topological polar surface area (TPSA) is 159 Å². The summed E-state index contributed by atoms with van der Waals surface area (Å²) in [6, 6.07) is 11.1. The first-order valence-corrected chi connectivity index (χ1v) is 16.0. The lowest BCUT2D eigenvalue weighted by molar-refractivity contribution is -0.213. The van der Waals surface area contributed by atoms with Gasteiger partial charge < -0.3 is 44.1 Å². The van der Waals surface area contributed by atoms with Gasteiger partial charge in [-0.1, -0.05) is 48.0 Å². The van der Waals surface area contributed by atoms with Gasteiger partial charge in [-0.2, -0.15) is 0 Å². The van der Waals surface area contributed by atoms with E-state index in [2.05, 4.69) is 10.4 Å². The second-order valence-electron chi connectivity index (χ2n) is 10.1. The van der Waals surface area contributed by atoms with Gasteiger partial charge in [0, 0.05) is 11.6 Å². The molecular formula is C26H31ClF2N3O9PS. The average molecular weight is 666 g/mol. The van der Waals surface area contributed by atoms with Gasteiger partial charge in [-0.15, -0.1) is 0 Å². The van der Waals surface area contributed by atoms with Crippen LogP contribution in [0.3, 0.4) is 0 Å². The van der Waals surface area contributed by atoms with Crippen molar-refractivity contribution in [3.8, 4) is 5.75 Å². The summed E-state index contributed by atoms with van der Waals surface area (Å²) >= 11 is 11.5. The minimum absolute atomic E-state index is 0.224. The molecule has 0 aliphatic carbocycles. The molecule has 2 aliphatic rings. The molecule has 12 nitrogen and oxygen atoms in total. The first-order valence-electron chi connectivity index (χ1n) is 13.0. The predicted octanol–water partition coefficient (Wildman–Crippen LogP) is 2.26. The van der Waals surface area contributed by atoms with Gasteiger partial charge in [-0.25, -0.2) is 13.9 Å². The number of carbonyl (C=O) groups is 2. The van der Waals surface area contributed by atoms with Gasteiger partial charge in [0.2, 0.25) is 6.35 Å². The Morgan fingerprint density at radius 3 is 2.56 bits per heavy atom. The second-order valence-corrected chi connectivity index (χ2v) is 13.7. The summed E-state index contributed by atoms with van der Waals surface area (Å²) in [5.74, 6) is -1.35. The first kappa shape index (κ1) is 33.4. The third kappa shape index (κ3) is 7.11. The summed E-state index contributed by atoms with van der Waals surface area (Å²) in [6.45, 7) is -0.360. The SMILES string of the molecule is CC(C)OC(=O)[C@H](C)NP(=S)(OC[C@@]1(C(F)F)O[C@@H](N2C=C(Cl)C(=O)NC2O)[C@H](O)[C@H]1O)Oc1cccc2ccccc12. The Morgan fingerprint density at radius 2 is 1.88 bits per heavy atom. The van der Waals surface area contributed by atoms with Crippen molar-refractivity contribution in [3.63, 3.8) is 0 Å². The molecule has 1 amide bonds. The molecule has 1 fully saturated rings. The number of carbonyl (C=O) groups excluding carboxylic acids is 2. The van der Waals surface area contributed by atoms with Crippen LogP contribution in [0.5, 0.6) is 5.75 Å². The van der Waals surface area contributed by atoms with E-state index in [4.69, 9.17) is 41.9 Å². The molecule has 236 valence electrons. The maximum atomic E-state index is 14.7. The predicted molar refractivity (Wildman–Crippen MR) is 154 cm³/mol. The van der Waals surface area contributed by atoms with Crippen LogP contribution >= 0.6 is 18.2 Å². The minimum atomic E-state index is -3.94. The van der Waals surface area contributed by atoms with Crippen LogP contribution in [0.25, 0.3) is 10.8 Å². The zero-order valence-electron chi connectivity index (χ0n) is 23.1. The highest BCUT2D eigenvalue weighted by Crippen LogP contribution is 2.50. The van der Waals surface area contributed by atoms with Crippen LogP contribution in [0.15, 0.2) is 53.7 Å². The van der Waals surface area contributed by atoms with Crippen molar-refractivity contribution in [3.05, 3.63) is 53.7 Å². The Morgan fingerprint density at radius 1 is 1.21 bits per heavy atom. The standard InChI is InChI=1S/C26H31ClF2N3O9PS/c1-13(2)39-23(36)14(3)31-42(43,41-18-10-6-8-15-7-4-5-9-16(15)18)38-12-26(24(28)29)20(34)19(33)22(40-26)32-11-17(27)21(35)30-25(32)37/h4-11,13-14,19-20,22,24-25,33-34,37H,12H2,1-3H3,(H,30,35)(H,31,43)/t14-,19+,20+,22+,25?,26+,42?/m0/s1. The number of aliphatic hydroxyl groups excluding tert-OH is 3. The number of benzene rings is 2. The van der Waals surface area contributed by atoms with E-state index >= 15 is 0 Å². The molecule has 1 saturated heterocycles. The highest BCUT2D eigenvalue weighted by Gasteiger charge is 2.62. The molecule has 0 aromatic heterocycles. The van der Waals surface area contributed by atoms with Gasteiger partial charge in [-0.3, -0.25) is 9.59 Å². The largest absolute Gasteiger partial charge is 0.462 e. The van der Waals surface area contributed by atoms with E-state index in [1.54, 1.807) is 44.2 Å². The van der Waals surface area contributed by atoms with Crippen LogP contribution in [0, 0.1) is 0 Å². The number of amides is 1. The zero-order chi connectivity index (χ0) is 31.7. The number of nitrogens with one attached hydrogen (secondary N) is 2. The Bertz CT molecular complexity index is 1430. The van der Waals surface area contributed by atoms with Crippen molar-refractivity contribution >= 4 is 52.7 Å². The number of aliphatic hydroxyl groups is 3. The summed E-state index contributed by atoms with van der Waals surface area (Å²) < 4.78 is 52.0. The molecule has 2 unspecified atom stereocenters. The highest BCUT2D eigenvalue weighted by atomic mass is 35.5. The number of halogens is 3. The summed E-state index contributed by atoms with van der Waals surface area (Å²) in [6.07, 6.45) is -11.0. The molecule has 0 spiro atoms. The van der Waals surface area contributed by atoms with E-state index in [9.17, 15) is 33.7 Å². The fourth-order valence-electron chi connectivity index (χ4n) is 4.45. The Labute approximate surface area is 255 Å². The van der Waals surface area contributed by atoms with Crippen LogP contribution in [-0.4, -0.2) is 87.7 Å². The van der Waals surface area contributed by atoms with Gasteiger partial charge in [-0.05, 0) is 44.0 Å². The molecule has 7 atom stereocenters. The van der Waals surface area contributed by atoms with Crippen molar-refractivity contribution in [2.75, 3.05) is 6.61 Å². The van der Waals surface area contributed by atoms with Crippen LogP contribution in [0.2, 0.25) is 0 Å². The second kappa shape index (κ2) is 13.3. The van der Waals surface area contributed by atoms with E-state index in [1.807, 2.05) is 12.1 Å². The van der Waals surface area contributed by atoms with Crippen LogP contribution < -0.4 is 14.9 Å². The first-order chi connectivity index (χ1) is 20.2. The molecule has 0 bridgehead atoms. The zero-order valence-corrected chi connectivity index (χ0v) is 25.6. The maximum absolute atomic E-state index is 14.7. The van der Waals surface area contributed by atoms with Crippen molar-refractivity contribution in [1.82, 2.24) is 15.3 Å². The molecule has 2 aromatic carbocycles. The van der Waals surface area contributed by atoms with Crippen LogP contribution in [0.1, 0.15) is 20.8 Å². The van der Waals surface area contributed by atoms with Gasteiger partial charge in [0.15, 0.2) is 11.8 Å². The third-order valence-electron chi connectivity index (χ3n) is 6.63. The molecule has 43 heavy (non-hydrogen) atoms. The molecule has 17 heteroatoms. The van der Waals surface area contributed by atoms with Crippen LogP contribution in [0.4, 0.5) is 8.78 Å². The molecule has 5 N–H and O–H groups in total. The number of ether oxygens (including phenoxy) is 2. The van der Waals surface area contributed by atoms with E-state index in [-0.39, 0.29) is 5.75 Å². The fourth-order valence-corrected chi connectivity index (χ4v) is 7.04. The lowest BCUT2D eigenvalue weighted by Gasteiger charge is -2.37. The summed E-state index contributed by atoms with van der Waals surface area (Å²) in [5, 5.41) is 37.6.